The van der Waals surface area contributed by atoms with Gasteiger partial charge in [0.2, 0.25) is 5.91 Å². The third kappa shape index (κ3) is 2.38. The number of rotatable bonds is 4. The Labute approximate surface area is 122 Å². The Kier molecular flexibility index (Phi) is 3.20. The van der Waals surface area contributed by atoms with Crippen molar-refractivity contribution in [3.05, 3.63) is 0 Å². The van der Waals surface area contributed by atoms with E-state index < -0.39 is 0 Å². The molecule has 20 heavy (non-hydrogen) atoms. The molecular formula is C17H29NO2. The van der Waals surface area contributed by atoms with Crippen LogP contribution in [-0.4, -0.2) is 24.2 Å². The molecule has 114 valence electrons. The van der Waals surface area contributed by atoms with Crippen LogP contribution in [0.2, 0.25) is 0 Å². The summed E-state index contributed by atoms with van der Waals surface area (Å²) in [6, 6.07) is 0. The van der Waals surface area contributed by atoms with E-state index in [-0.39, 0.29) is 23.3 Å². The van der Waals surface area contributed by atoms with Crippen LogP contribution in [0.3, 0.4) is 0 Å². The lowest BCUT2D eigenvalue weighted by Gasteiger charge is -2.60. The van der Waals surface area contributed by atoms with E-state index in [0.29, 0.717) is 12.0 Å². The third-order valence-electron chi connectivity index (χ3n) is 5.99. The Balaban J connectivity index is 1.71. The van der Waals surface area contributed by atoms with Crippen LogP contribution in [0.1, 0.15) is 59.3 Å². The topological polar surface area (TPSA) is 49.3 Å². The minimum Gasteiger partial charge on any atom is -0.396 e. The average molecular weight is 279 g/mol. The highest BCUT2D eigenvalue weighted by Crippen LogP contribution is 2.65. The lowest BCUT2D eigenvalue weighted by Crippen LogP contribution is -2.57. The number of hydrogen-bond donors (Lipinski definition) is 2. The molecule has 0 aromatic carbocycles. The van der Waals surface area contributed by atoms with Gasteiger partial charge in [0, 0.05) is 18.6 Å². The Hall–Kier alpha value is -0.570. The maximum absolute atomic E-state index is 12.8. The van der Waals surface area contributed by atoms with Gasteiger partial charge in [-0.1, -0.05) is 20.8 Å². The van der Waals surface area contributed by atoms with Gasteiger partial charge in [-0.3, -0.25) is 4.79 Å². The van der Waals surface area contributed by atoms with Crippen molar-refractivity contribution in [3.63, 3.8) is 0 Å². The maximum atomic E-state index is 12.8. The predicted molar refractivity (Wildman–Crippen MR) is 79.1 cm³/mol. The second-order valence-corrected chi connectivity index (χ2v) is 9.06. The van der Waals surface area contributed by atoms with Crippen molar-refractivity contribution in [2.24, 2.45) is 28.1 Å². The second-order valence-electron chi connectivity index (χ2n) is 9.06. The van der Waals surface area contributed by atoms with Crippen molar-refractivity contribution in [1.29, 1.82) is 0 Å². The Morgan fingerprint density at radius 2 is 1.85 bits per heavy atom. The first-order valence-electron chi connectivity index (χ1n) is 8.15. The number of hydrogen-bond acceptors (Lipinski definition) is 2. The molecule has 4 saturated carbocycles. The number of aliphatic hydroxyl groups is 1. The Morgan fingerprint density at radius 1 is 1.25 bits per heavy atom. The highest BCUT2D eigenvalue weighted by atomic mass is 16.3. The fourth-order valence-electron chi connectivity index (χ4n) is 5.55. The highest BCUT2D eigenvalue weighted by Gasteiger charge is 2.58. The van der Waals surface area contributed by atoms with Crippen LogP contribution in [0.15, 0.2) is 0 Å². The Morgan fingerprint density at radius 3 is 2.35 bits per heavy atom. The summed E-state index contributed by atoms with van der Waals surface area (Å²) in [6.45, 7) is 7.08. The van der Waals surface area contributed by atoms with Gasteiger partial charge in [0.1, 0.15) is 0 Å². The summed E-state index contributed by atoms with van der Waals surface area (Å²) < 4.78 is 0. The van der Waals surface area contributed by atoms with E-state index in [9.17, 15) is 9.90 Å². The summed E-state index contributed by atoms with van der Waals surface area (Å²) in [5, 5.41) is 12.5. The van der Waals surface area contributed by atoms with Gasteiger partial charge in [-0.25, -0.2) is 0 Å². The van der Waals surface area contributed by atoms with E-state index in [1.807, 2.05) is 13.8 Å². The minimum atomic E-state index is -0.220. The molecular weight excluding hydrogens is 250 g/mol. The van der Waals surface area contributed by atoms with Crippen molar-refractivity contribution in [2.75, 3.05) is 13.2 Å². The summed E-state index contributed by atoms with van der Waals surface area (Å²) in [4.78, 5) is 12.8. The Bertz CT molecular complexity index is 401. The minimum absolute atomic E-state index is 0.0929. The van der Waals surface area contributed by atoms with Crippen molar-refractivity contribution in [3.8, 4) is 0 Å². The molecule has 3 nitrogen and oxygen atoms in total. The zero-order chi connectivity index (χ0) is 14.6. The van der Waals surface area contributed by atoms with Crippen molar-refractivity contribution in [2.45, 2.75) is 59.3 Å². The molecule has 4 fully saturated rings. The van der Waals surface area contributed by atoms with Gasteiger partial charge in [-0.15, -0.1) is 0 Å². The van der Waals surface area contributed by atoms with Gasteiger partial charge < -0.3 is 10.4 Å². The number of aliphatic hydroxyl groups excluding tert-OH is 1. The van der Waals surface area contributed by atoms with Crippen LogP contribution in [0, 0.1) is 28.1 Å². The summed E-state index contributed by atoms with van der Waals surface area (Å²) >= 11 is 0. The van der Waals surface area contributed by atoms with E-state index in [0.717, 1.165) is 31.1 Å². The van der Waals surface area contributed by atoms with Crippen LogP contribution in [0.4, 0.5) is 0 Å². The number of amides is 1. The molecule has 4 bridgehead atoms. The molecule has 0 aromatic rings. The number of carbonyl (C=O) groups excluding carboxylic acids is 1. The van der Waals surface area contributed by atoms with E-state index >= 15 is 0 Å². The average Bonchev–Trinajstić information content (AvgIpc) is 2.33. The number of carbonyl (C=O) groups is 1. The van der Waals surface area contributed by atoms with Crippen LogP contribution in [0.25, 0.3) is 0 Å². The van der Waals surface area contributed by atoms with Crippen LogP contribution < -0.4 is 5.32 Å². The van der Waals surface area contributed by atoms with Gasteiger partial charge in [0.05, 0.1) is 5.41 Å². The van der Waals surface area contributed by atoms with Gasteiger partial charge >= 0.3 is 0 Å². The molecule has 0 radical (unpaired) electrons. The largest absolute Gasteiger partial charge is 0.396 e. The maximum Gasteiger partial charge on any atom is 0.226 e. The molecule has 0 spiro atoms. The molecule has 4 aliphatic rings. The smallest absolute Gasteiger partial charge is 0.226 e. The van der Waals surface area contributed by atoms with Gasteiger partial charge in [0.15, 0.2) is 0 Å². The molecule has 3 heteroatoms. The molecule has 2 N–H and O–H groups in total. The zero-order valence-electron chi connectivity index (χ0n) is 13.2. The zero-order valence-corrected chi connectivity index (χ0v) is 13.2. The molecule has 0 saturated heterocycles. The number of nitrogens with one attached hydrogen (secondary N) is 1. The summed E-state index contributed by atoms with van der Waals surface area (Å²) in [5.74, 6) is 1.81. The van der Waals surface area contributed by atoms with Crippen molar-refractivity contribution >= 4 is 5.91 Å². The SMILES string of the molecule is CC(C)(CO)CNC(=O)C12CC3CC(CC(C)(C3)C1)C2. The first kappa shape index (κ1) is 14.4. The monoisotopic (exact) mass is 279 g/mol. The van der Waals surface area contributed by atoms with E-state index in [2.05, 4.69) is 12.2 Å². The van der Waals surface area contributed by atoms with E-state index in [4.69, 9.17) is 0 Å². The quantitative estimate of drug-likeness (QED) is 0.831. The first-order chi connectivity index (χ1) is 9.26. The van der Waals surface area contributed by atoms with Crippen LogP contribution in [0.5, 0.6) is 0 Å². The summed E-state index contributed by atoms with van der Waals surface area (Å²) in [5.41, 5.74) is 0.0974. The van der Waals surface area contributed by atoms with Crippen molar-refractivity contribution in [1.82, 2.24) is 5.32 Å². The molecule has 0 aromatic heterocycles. The van der Waals surface area contributed by atoms with Gasteiger partial charge in [0.25, 0.3) is 0 Å². The standard InChI is InChI=1S/C17H29NO2/c1-15(2,11-19)10-18-14(20)17-7-12-4-13(8-17)6-16(3,5-12)9-17/h12-13,19H,4-11H2,1-3H3,(H,18,20). The van der Waals surface area contributed by atoms with Gasteiger partial charge in [-0.05, 0) is 55.8 Å². The molecule has 0 heterocycles. The molecule has 1 amide bonds. The predicted octanol–water partition coefficient (Wildman–Crippen LogP) is 2.73. The first-order valence-corrected chi connectivity index (χ1v) is 8.15. The lowest BCUT2D eigenvalue weighted by atomic mass is 9.44. The molecule has 4 aliphatic carbocycles. The van der Waals surface area contributed by atoms with Gasteiger partial charge in [-0.2, -0.15) is 0 Å². The summed E-state index contributed by atoms with van der Waals surface area (Å²) in [6.07, 6.45) is 7.31. The molecule has 4 rings (SSSR count). The van der Waals surface area contributed by atoms with Crippen LogP contribution >= 0.6 is 0 Å². The fourth-order valence-corrected chi connectivity index (χ4v) is 5.55. The summed E-state index contributed by atoms with van der Waals surface area (Å²) in [7, 11) is 0. The molecule has 2 atom stereocenters. The third-order valence-corrected chi connectivity index (χ3v) is 5.99. The fraction of sp³-hybridized carbons (Fsp3) is 0.941. The van der Waals surface area contributed by atoms with E-state index in [1.54, 1.807) is 0 Å². The highest BCUT2D eigenvalue weighted by molar-refractivity contribution is 5.83. The van der Waals surface area contributed by atoms with E-state index in [1.165, 1.54) is 19.3 Å². The lowest BCUT2D eigenvalue weighted by molar-refractivity contribution is -0.155. The molecule has 0 aliphatic heterocycles. The van der Waals surface area contributed by atoms with Crippen LogP contribution in [-0.2, 0) is 4.79 Å². The second kappa shape index (κ2) is 4.46. The molecule has 2 unspecified atom stereocenters. The van der Waals surface area contributed by atoms with Crippen molar-refractivity contribution < 1.29 is 9.90 Å². The normalized spacial score (nSPS) is 42.8.